The van der Waals surface area contributed by atoms with E-state index >= 15 is 0 Å². The highest BCUT2D eigenvalue weighted by atomic mass is 79.9. The zero-order valence-corrected chi connectivity index (χ0v) is 19.9. The Kier molecular flexibility index (Phi) is 7.66. The van der Waals surface area contributed by atoms with Crippen molar-refractivity contribution in [3.8, 4) is 5.75 Å². The average Bonchev–Trinajstić information content (AvgIpc) is 2.79. The number of carbonyl (C=O) groups excluding carboxylic acids is 1. The molecule has 0 aliphatic heterocycles. The fourth-order valence-electron chi connectivity index (χ4n) is 2.93. The van der Waals surface area contributed by atoms with E-state index < -0.39 is 22.5 Å². The lowest BCUT2D eigenvalue weighted by molar-refractivity contribution is -0.119. The number of amides is 1. The van der Waals surface area contributed by atoms with E-state index in [1.54, 1.807) is 36.4 Å². The highest BCUT2D eigenvalue weighted by Crippen LogP contribution is 2.33. The molecule has 166 valence electrons. The van der Waals surface area contributed by atoms with Crippen LogP contribution in [0, 0.1) is 6.92 Å². The highest BCUT2D eigenvalue weighted by Gasteiger charge is 2.29. The minimum Gasteiger partial charge on any atom is -0.495 e. The molecule has 32 heavy (non-hydrogen) atoms. The van der Waals surface area contributed by atoms with E-state index in [2.05, 4.69) is 26.5 Å². The molecular weight excluding hydrogens is 494 g/mol. The fourth-order valence-corrected chi connectivity index (χ4v) is 4.77. The molecule has 0 atom stereocenters. The van der Waals surface area contributed by atoms with Gasteiger partial charge in [0.1, 0.15) is 12.3 Å². The third-order valence-electron chi connectivity index (χ3n) is 4.52. The van der Waals surface area contributed by atoms with Crippen LogP contribution in [0.25, 0.3) is 0 Å². The van der Waals surface area contributed by atoms with E-state index in [0.717, 1.165) is 19.9 Å². The molecule has 0 radical (unpaired) electrons. The first-order valence-electron chi connectivity index (χ1n) is 9.62. The first kappa shape index (κ1) is 23.5. The molecule has 3 rings (SSSR count). The molecule has 0 bridgehead atoms. The summed E-state index contributed by atoms with van der Waals surface area (Å²) in [6.07, 6.45) is 1.48. The Morgan fingerprint density at radius 1 is 1.09 bits per heavy atom. The maximum Gasteiger partial charge on any atom is 0.264 e. The Bertz CT molecular complexity index is 1230. The minimum atomic E-state index is -4.05. The largest absolute Gasteiger partial charge is 0.495 e. The summed E-state index contributed by atoms with van der Waals surface area (Å²) in [5, 5.41) is 3.96. The summed E-state index contributed by atoms with van der Waals surface area (Å²) in [4.78, 5) is 12.7. The van der Waals surface area contributed by atoms with Gasteiger partial charge in [0.25, 0.3) is 15.9 Å². The second-order valence-electron chi connectivity index (χ2n) is 6.81. The van der Waals surface area contributed by atoms with Crippen molar-refractivity contribution < 1.29 is 17.9 Å². The van der Waals surface area contributed by atoms with Gasteiger partial charge >= 0.3 is 0 Å². The molecule has 7 nitrogen and oxygen atoms in total. The van der Waals surface area contributed by atoms with Crippen molar-refractivity contribution in [3.63, 3.8) is 0 Å². The Balaban J connectivity index is 1.92. The van der Waals surface area contributed by atoms with E-state index in [1.165, 1.54) is 25.5 Å². The van der Waals surface area contributed by atoms with Crippen molar-refractivity contribution in [1.29, 1.82) is 0 Å². The number of halogens is 1. The minimum absolute atomic E-state index is 0.0630. The van der Waals surface area contributed by atoms with Crippen LogP contribution in [0.15, 0.2) is 87.3 Å². The number of hydrogen-bond donors (Lipinski definition) is 1. The molecule has 0 fully saturated rings. The third kappa shape index (κ3) is 5.54. The van der Waals surface area contributed by atoms with E-state index in [0.29, 0.717) is 5.75 Å². The van der Waals surface area contributed by atoms with Crippen LogP contribution in [0.2, 0.25) is 0 Å². The molecule has 0 heterocycles. The van der Waals surface area contributed by atoms with Gasteiger partial charge in [-0.05, 0) is 42.8 Å². The summed E-state index contributed by atoms with van der Waals surface area (Å²) in [7, 11) is -2.60. The Labute approximate surface area is 195 Å². The van der Waals surface area contributed by atoms with E-state index in [4.69, 9.17) is 4.74 Å². The molecule has 0 saturated heterocycles. The fraction of sp³-hybridized carbons (Fsp3) is 0.130. The quantitative estimate of drug-likeness (QED) is 0.361. The van der Waals surface area contributed by atoms with Gasteiger partial charge in [0.15, 0.2) is 0 Å². The monoisotopic (exact) mass is 515 g/mol. The Morgan fingerprint density at radius 2 is 1.78 bits per heavy atom. The van der Waals surface area contributed by atoms with Gasteiger partial charge in [-0.1, -0.05) is 58.4 Å². The average molecular weight is 516 g/mol. The van der Waals surface area contributed by atoms with E-state index in [9.17, 15) is 13.2 Å². The standard InChI is InChI=1S/C23H22BrN3O4S/c1-17-12-13-22(31-2)21(14-17)27(32(29,30)19-9-4-3-5-10-19)16-23(28)26-25-15-18-8-6-7-11-20(18)24/h3-15H,16H2,1-2H3,(H,26,28)/b25-15-. The van der Waals surface area contributed by atoms with Crippen LogP contribution in [0.3, 0.4) is 0 Å². The second kappa shape index (κ2) is 10.4. The van der Waals surface area contributed by atoms with Crippen LogP contribution in [-0.4, -0.2) is 34.2 Å². The lowest BCUT2D eigenvalue weighted by atomic mass is 10.2. The third-order valence-corrected chi connectivity index (χ3v) is 7.02. The van der Waals surface area contributed by atoms with Crippen LogP contribution >= 0.6 is 15.9 Å². The van der Waals surface area contributed by atoms with Crippen LogP contribution in [0.4, 0.5) is 5.69 Å². The molecule has 3 aromatic carbocycles. The number of rotatable bonds is 8. The molecule has 0 unspecified atom stereocenters. The van der Waals surface area contributed by atoms with Gasteiger partial charge in [0.05, 0.1) is 23.9 Å². The summed E-state index contributed by atoms with van der Waals surface area (Å²) in [5.74, 6) is -0.268. The summed E-state index contributed by atoms with van der Waals surface area (Å²) in [5.41, 5.74) is 4.25. The van der Waals surface area contributed by atoms with Gasteiger partial charge in [-0.3, -0.25) is 9.10 Å². The van der Waals surface area contributed by atoms with Gasteiger partial charge in [0.2, 0.25) is 0 Å². The number of benzene rings is 3. The Hall–Kier alpha value is -3.17. The van der Waals surface area contributed by atoms with E-state index in [-0.39, 0.29) is 10.6 Å². The molecule has 3 aromatic rings. The predicted octanol–water partition coefficient (Wildman–Crippen LogP) is 4.11. The lowest BCUT2D eigenvalue weighted by Gasteiger charge is -2.25. The van der Waals surface area contributed by atoms with Crippen molar-refractivity contribution >= 4 is 43.8 Å². The van der Waals surface area contributed by atoms with Crippen molar-refractivity contribution in [1.82, 2.24) is 5.43 Å². The molecular formula is C23H22BrN3O4S. The van der Waals surface area contributed by atoms with Gasteiger partial charge in [0, 0.05) is 10.0 Å². The van der Waals surface area contributed by atoms with Crippen molar-refractivity contribution in [2.24, 2.45) is 5.10 Å². The zero-order chi connectivity index (χ0) is 23.1. The van der Waals surface area contributed by atoms with Gasteiger partial charge in [-0.2, -0.15) is 5.10 Å². The molecule has 0 saturated carbocycles. The Morgan fingerprint density at radius 3 is 2.47 bits per heavy atom. The summed E-state index contributed by atoms with van der Waals surface area (Å²) in [6, 6.07) is 20.4. The van der Waals surface area contributed by atoms with Crippen molar-refractivity contribution in [2.75, 3.05) is 18.0 Å². The zero-order valence-electron chi connectivity index (χ0n) is 17.5. The first-order chi connectivity index (χ1) is 15.3. The summed E-state index contributed by atoms with van der Waals surface area (Å²) < 4.78 is 34.1. The normalized spacial score (nSPS) is 11.3. The number of aryl methyl sites for hydroxylation is 1. The van der Waals surface area contributed by atoms with Crippen molar-refractivity contribution in [2.45, 2.75) is 11.8 Å². The predicted molar refractivity (Wildman–Crippen MR) is 129 cm³/mol. The van der Waals surface area contributed by atoms with Crippen molar-refractivity contribution in [3.05, 3.63) is 88.4 Å². The number of anilines is 1. The first-order valence-corrected chi connectivity index (χ1v) is 11.8. The number of hydrazone groups is 1. The smallest absolute Gasteiger partial charge is 0.264 e. The van der Waals surface area contributed by atoms with Crippen LogP contribution in [0.5, 0.6) is 5.75 Å². The maximum absolute atomic E-state index is 13.4. The molecule has 1 amide bonds. The summed E-state index contributed by atoms with van der Waals surface area (Å²) >= 11 is 3.40. The lowest BCUT2D eigenvalue weighted by Crippen LogP contribution is -2.39. The molecule has 0 aliphatic rings. The van der Waals surface area contributed by atoms with Crippen LogP contribution in [0.1, 0.15) is 11.1 Å². The number of sulfonamides is 1. The summed E-state index contributed by atoms with van der Waals surface area (Å²) in [6.45, 7) is 1.35. The number of hydrogen-bond acceptors (Lipinski definition) is 5. The molecule has 1 N–H and O–H groups in total. The maximum atomic E-state index is 13.4. The number of methoxy groups -OCH3 is 1. The molecule has 0 spiro atoms. The van der Waals surface area contributed by atoms with Crippen LogP contribution < -0.4 is 14.5 Å². The number of nitrogens with one attached hydrogen (secondary N) is 1. The van der Waals surface area contributed by atoms with Gasteiger partial charge in [-0.25, -0.2) is 13.8 Å². The second-order valence-corrected chi connectivity index (χ2v) is 9.53. The SMILES string of the molecule is COc1ccc(C)cc1N(CC(=O)N/N=C\c1ccccc1Br)S(=O)(=O)c1ccccc1. The van der Waals surface area contributed by atoms with Gasteiger partial charge in [-0.15, -0.1) is 0 Å². The topological polar surface area (TPSA) is 88.1 Å². The number of ether oxygens (including phenoxy) is 1. The number of carbonyl (C=O) groups is 1. The molecule has 0 aromatic heterocycles. The van der Waals surface area contributed by atoms with Gasteiger partial charge < -0.3 is 4.74 Å². The highest BCUT2D eigenvalue weighted by molar-refractivity contribution is 9.10. The van der Waals surface area contributed by atoms with Crippen LogP contribution in [-0.2, 0) is 14.8 Å². The molecule has 9 heteroatoms. The number of nitrogens with zero attached hydrogens (tertiary/aromatic N) is 2. The van der Waals surface area contributed by atoms with E-state index in [1.807, 2.05) is 31.2 Å². The molecule has 0 aliphatic carbocycles.